The van der Waals surface area contributed by atoms with Crippen LogP contribution in [0.15, 0.2) is 29.2 Å². The van der Waals surface area contributed by atoms with Crippen LogP contribution in [0.1, 0.15) is 58.9 Å². The second-order valence-corrected chi connectivity index (χ2v) is 10.7. The van der Waals surface area contributed by atoms with Gasteiger partial charge < -0.3 is 0 Å². The van der Waals surface area contributed by atoms with Crippen LogP contribution in [0, 0.1) is 6.92 Å². The van der Waals surface area contributed by atoms with E-state index < -0.39 is 10.0 Å². The van der Waals surface area contributed by atoms with Crippen LogP contribution in [0.25, 0.3) is 0 Å². The molecule has 0 aliphatic carbocycles. The molecule has 0 aromatic heterocycles. The summed E-state index contributed by atoms with van der Waals surface area (Å²) in [5.74, 6) is 0. The fourth-order valence-electron chi connectivity index (χ4n) is 4.20. The minimum absolute atomic E-state index is 0.0815. The van der Waals surface area contributed by atoms with Crippen LogP contribution in [0.2, 0.25) is 0 Å². The van der Waals surface area contributed by atoms with Crippen LogP contribution in [-0.4, -0.2) is 48.3 Å². The largest absolute Gasteiger partial charge is 0.296 e. The Kier molecular flexibility index (Phi) is 5.72. The number of benzene rings is 1. The molecule has 1 aromatic carbocycles. The first kappa shape index (κ1) is 20.7. The highest BCUT2D eigenvalue weighted by atomic mass is 32.2. The topological polar surface area (TPSA) is 59.1 Å². The molecule has 152 valence electrons. The monoisotopic (exact) mass is 396 g/mol. The Morgan fingerprint density at radius 3 is 2.30 bits per heavy atom. The summed E-state index contributed by atoms with van der Waals surface area (Å²) in [6.45, 7) is 11.3. The van der Waals surface area contributed by atoms with Gasteiger partial charge in [-0.15, -0.1) is 0 Å². The molecule has 0 saturated carbocycles. The maximum absolute atomic E-state index is 13.0. The molecule has 7 heteroatoms. The van der Waals surface area contributed by atoms with Gasteiger partial charge in [-0.3, -0.25) is 9.68 Å². The van der Waals surface area contributed by atoms with Gasteiger partial charge in [0.1, 0.15) is 0 Å². The normalized spacial score (nSPS) is 26.3. The number of hydrogen-bond acceptors (Lipinski definition) is 5. The first-order chi connectivity index (χ1) is 12.5. The van der Waals surface area contributed by atoms with E-state index >= 15 is 0 Å². The van der Waals surface area contributed by atoms with E-state index in [1.165, 1.54) is 6.42 Å². The third-order valence-corrected chi connectivity index (χ3v) is 7.34. The summed E-state index contributed by atoms with van der Waals surface area (Å²) in [5, 5.41) is 2.07. The van der Waals surface area contributed by atoms with Crippen LogP contribution in [0.4, 0.5) is 0 Å². The summed E-state index contributed by atoms with van der Waals surface area (Å²) in [7, 11) is -3.70. The maximum Gasteiger partial charge on any atom is 0.265 e. The number of hydrogen-bond donors (Lipinski definition) is 0. The third kappa shape index (κ3) is 4.22. The second kappa shape index (κ2) is 7.44. The smallest absolute Gasteiger partial charge is 0.265 e. The van der Waals surface area contributed by atoms with Gasteiger partial charge in [0, 0.05) is 11.1 Å². The van der Waals surface area contributed by atoms with Gasteiger partial charge in [-0.1, -0.05) is 22.2 Å². The number of sulfonamides is 1. The quantitative estimate of drug-likeness (QED) is 0.760. The molecule has 2 aliphatic rings. The van der Waals surface area contributed by atoms with Gasteiger partial charge in [0.05, 0.1) is 24.2 Å². The molecule has 1 aromatic rings. The first-order valence-electron chi connectivity index (χ1n) is 9.71. The highest BCUT2D eigenvalue weighted by molar-refractivity contribution is 7.89. The number of piperidine rings is 1. The second-order valence-electron chi connectivity index (χ2n) is 8.92. The first-order valence-corrected chi connectivity index (χ1v) is 11.2. The lowest BCUT2D eigenvalue weighted by molar-refractivity contribution is -0.287. The molecule has 0 unspecified atom stereocenters. The van der Waals surface area contributed by atoms with E-state index in [9.17, 15) is 8.42 Å². The minimum atomic E-state index is -3.70. The molecule has 2 saturated heterocycles. The number of hydroxylamine groups is 3. The van der Waals surface area contributed by atoms with Crippen molar-refractivity contribution in [2.45, 2.75) is 82.3 Å². The lowest BCUT2D eigenvalue weighted by Gasteiger charge is -2.51. The molecule has 2 fully saturated rings. The Hall–Kier alpha value is -0.990. The van der Waals surface area contributed by atoms with Gasteiger partial charge in [0.15, 0.2) is 0 Å². The van der Waals surface area contributed by atoms with Crippen LogP contribution in [-0.2, 0) is 19.7 Å². The maximum atomic E-state index is 13.0. The van der Waals surface area contributed by atoms with E-state index in [1.54, 1.807) is 24.3 Å². The van der Waals surface area contributed by atoms with Gasteiger partial charge in [0.25, 0.3) is 10.0 Å². The molecule has 0 N–H and O–H groups in total. The summed E-state index contributed by atoms with van der Waals surface area (Å²) in [4.78, 5) is 12.0. The van der Waals surface area contributed by atoms with Crippen molar-refractivity contribution in [1.82, 2.24) is 9.53 Å². The molecular weight excluding hydrogens is 364 g/mol. The van der Waals surface area contributed by atoms with E-state index in [-0.39, 0.29) is 28.6 Å². The molecule has 6 nitrogen and oxygen atoms in total. The van der Waals surface area contributed by atoms with Crippen LogP contribution in [0.3, 0.4) is 0 Å². The number of aryl methyl sites for hydroxylation is 1. The Labute approximate surface area is 163 Å². The zero-order valence-corrected chi connectivity index (χ0v) is 17.9. The lowest BCUT2D eigenvalue weighted by atomic mass is 9.82. The van der Waals surface area contributed by atoms with Gasteiger partial charge in [-0.05, 0) is 72.4 Å². The van der Waals surface area contributed by atoms with Crippen molar-refractivity contribution in [2.24, 2.45) is 0 Å². The standard InChI is InChI=1S/C20H32N2O4S/c1-16-7-9-18(10-8-16)27(23,24)21-17(11-14-25-21)15-26-22-19(2,3)12-6-13-20(22,4)5/h7-10,17H,6,11-15H2,1-5H3/t17-/m0/s1. The summed E-state index contributed by atoms with van der Waals surface area (Å²) in [6, 6.07) is 6.52. The molecule has 0 bridgehead atoms. The zero-order valence-electron chi connectivity index (χ0n) is 17.1. The van der Waals surface area contributed by atoms with E-state index in [2.05, 4.69) is 32.8 Å². The predicted octanol–water partition coefficient (Wildman–Crippen LogP) is 3.66. The molecule has 2 heterocycles. The highest BCUT2D eigenvalue weighted by Gasteiger charge is 2.44. The summed E-state index contributed by atoms with van der Waals surface area (Å²) in [6.07, 6.45) is 3.91. The molecule has 0 amide bonds. The van der Waals surface area contributed by atoms with Crippen molar-refractivity contribution in [1.29, 1.82) is 0 Å². The van der Waals surface area contributed by atoms with Crippen molar-refractivity contribution >= 4 is 10.0 Å². The highest BCUT2D eigenvalue weighted by Crippen LogP contribution is 2.38. The molecule has 3 rings (SSSR count). The van der Waals surface area contributed by atoms with Gasteiger partial charge in [0.2, 0.25) is 0 Å². The molecule has 2 aliphatic heterocycles. The average Bonchev–Trinajstić information content (AvgIpc) is 3.03. The van der Waals surface area contributed by atoms with Crippen LogP contribution in [0.5, 0.6) is 0 Å². The summed E-state index contributed by atoms with van der Waals surface area (Å²) < 4.78 is 27.1. The van der Waals surface area contributed by atoms with Crippen molar-refractivity contribution in [2.75, 3.05) is 13.2 Å². The fourth-order valence-corrected chi connectivity index (χ4v) is 5.66. The molecular formula is C20H32N2O4S. The predicted molar refractivity (Wildman–Crippen MR) is 104 cm³/mol. The van der Waals surface area contributed by atoms with E-state index in [0.717, 1.165) is 22.9 Å². The Bertz CT molecular complexity index is 743. The van der Waals surface area contributed by atoms with E-state index in [4.69, 9.17) is 9.68 Å². The van der Waals surface area contributed by atoms with Crippen LogP contribution >= 0.6 is 0 Å². The third-order valence-electron chi connectivity index (χ3n) is 5.60. The Morgan fingerprint density at radius 1 is 1.11 bits per heavy atom. The van der Waals surface area contributed by atoms with Gasteiger partial charge >= 0.3 is 0 Å². The van der Waals surface area contributed by atoms with Crippen molar-refractivity contribution in [3.05, 3.63) is 29.8 Å². The van der Waals surface area contributed by atoms with Crippen molar-refractivity contribution < 1.29 is 18.1 Å². The summed E-state index contributed by atoms with van der Waals surface area (Å²) in [5.41, 5.74) is 0.856. The zero-order chi connectivity index (χ0) is 19.9. The van der Waals surface area contributed by atoms with Crippen molar-refractivity contribution in [3.8, 4) is 0 Å². The lowest BCUT2D eigenvalue weighted by Crippen LogP contribution is -2.59. The molecule has 0 spiro atoms. The number of rotatable bonds is 5. The minimum Gasteiger partial charge on any atom is -0.296 e. The Balaban J connectivity index is 1.74. The molecule has 1 atom stereocenters. The fraction of sp³-hybridized carbons (Fsp3) is 0.700. The molecule has 27 heavy (non-hydrogen) atoms. The van der Waals surface area contributed by atoms with Crippen molar-refractivity contribution in [3.63, 3.8) is 0 Å². The molecule has 0 radical (unpaired) electrons. The van der Waals surface area contributed by atoms with Crippen LogP contribution < -0.4 is 0 Å². The Morgan fingerprint density at radius 2 is 1.70 bits per heavy atom. The average molecular weight is 397 g/mol. The SMILES string of the molecule is Cc1ccc(S(=O)(=O)N2OCC[C@H]2CON2C(C)(C)CCCC2(C)C)cc1. The van der Waals surface area contributed by atoms with Gasteiger partial charge in [-0.2, -0.15) is 5.06 Å². The number of nitrogens with zero attached hydrogens (tertiary/aromatic N) is 2. The van der Waals surface area contributed by atoms with Gasteiger partial charge in [-0.25, -0.2) is 8.42 Å². The van der Waals surface area contributed by atoms with E-state index in [1.807, 2.05) is 6.92 Å². The van der Waals surface area contributed by atoms with E-state index in [0.29, 0.717) is 13.0 Å². The summed E-state index contributed by atoms with van der Waals surface area (Å²) >= 11 is 0.